The second kappa shape index (κ2) is 4.37. The Labute approximate surface area is 63.1 Å². The first-order valence-corrected chi connectivity index (χ1v) is 4.16. The van der Waals surface area contributed by atoms with Crippen molar-refractivity contribution in [2.45, 2.75) is 38.5 Å². The Hall–Kier alpha value is -0.460. The molecule has 0 atom stereocenters. The lowest BCUT2D eigenvalue weighted by Crippen LogP contribution is -1.91. The zero-order chi connectivity index (χ0) is 7.23. The Morgan fingerprint density at radius 2 is 2.00 bits per heavy atom. The van der Waals surface area contributed by atoms with E-state index in [0.717, 1.165) is 6.42 Å². The number of ether oxygens (including phenoxy) is 1. The molecule has 1 rings (SSSR count). The van der Waals surface area contributed by atoms with Gasteiger partial charge in [-0.2, -0.15) is 0 Å². The highest BCUT2D eigenvalue weighted by Gasteiger charge is 1.99. The van der Waals surface area contributed by atoms with Gasteiger partial charge in [-0.25, -0.2) is 0 Å². The molecule has 1 nitrogen and oxygen atoms in total. The van der Waals surface area contributed by atoms with Crippen molar-refractivity contribution >= 4 is 0 Å². The maximum Gasteiger partial charge on any atom is 0.0915 e. The zero-order valence-corrected chi connectivity index (χ0v) is 6.73. The molecule has 1 aliphatic carbocycles. The van der Waals surface area contributed by atoms with Gasteiger partial charge < -0.3 is 4.74 Å². The summed E-state index contributed by atoms with van der Waals surface area (Å²) in [5.41, 5.74) is 0. The fourth-order valence-electron chi connectivity index (χ4n) is 1.35. The fraction of sp³-hybridized carbons (Fsp3) is 0.778. The van der Waals surface area contributed by atoms with Gasteiger partial charge in [0.15, 0.2) is 0 Å². The average molecular weight is 140 g/mol. The van der Waals surface area contributed by atoms with Gasteiger partial charge in [0, 0.05) is 6.42 Å². The van der Waals surface area contributed by atoms with Crippen LogP contribution in [-0.4, -0.2) is 7.11 Å². The Morgan fingerprint density at radius 3 is 2.80 bits per heavy atom. The molecule has 0 N–H and O–H groups in total. The summed E-state index contributed by atoms with van der Waals surface area (Å²) in [6.45, 7) is 0. The third-order valence-corrected chi connectivity index (χ3v) is 2.01. The molecule has 10 heavy (non-hydrogen) atoms. The van der Waals surface area contributed by atoms with Gasteiger partial charge in [-0.1, -0.05) is 12.8 Å². The number of methoxy groups -OCH3 is 1. The SMILES string of the molecule is CO/C1=C/CCCCCC1. The highest BCUT2D eigenvalue weighted by Crippen LogP contribution is 2.16. The Kier molecular flexibility index (Phi) is 3.34. The van der Waals surface area contributed by atoms with Gasteiger partial charge in [0.2, 0.25) is 0 Å². The normalized spacial score (nSPS) is 25.9. The monoisotopic (exact) mass is 140 g/mol. The van der Waals surface area contributed by atoms with Gasteiger partial charge in [0.1, 0.15) is 0 Å². The molecule has 0 aromatic rings. The van der Waals surface area contributed by atoms with Crippen LogP contribution in [0.4, 0.5) is 0 Å². The van der Waals surface area contributed by atoms with E-state index in [0.29, 0.717) is 0 Å². The summed E-state index contributed by atoms with van der Waals surface area (Å²) >= 11 is 0. The van der Waals surface area contributed by atoms with Crippen molar-refractivity contribution in [3.63, 3.8) is 0 Å². The van der Waals surface area contributed by atoms with E-state index in [2.05, 4.69) is 6.08 Å². The van der Waals surface area contributed by atoms with E-state index < -0.39 is 0 Å². The van der Waals surface area contributed by atoms with Crippen molar-refractivity contribution in [3.8, 4) is 0 Å². The van der Waals surface area contributed by atoms with Crippen LogP contribution in [0.1, 0.15) is 38.5 Å². The second-order valence-corrected chi connectivity index (χ2v) is 2.83. The van der Waals surface area contributed by atoms with E-state index in [-0.39, 0.29) is 0 Å². The van der Waals surface area contributed by atoms with Crippen molar-refractivity contribution in [1.29, 1.82) is 0 Å². The molecule has 0 saturated heterocycles. The van der Waals surface area contributed by atoms with E-state index in [4.69, 9.17) is 4.74 Å². The van der Waals surface area contributed by atoms with Crippen molar-refractivity contribution in [3.05, 3.63) is 11.8 Å². The minimum Gasteiger partial charge on any atom is -0.501 e. The number of hydrogen-bond acceptors (Lipinski definition) is 1. The van der Waals surface area contributed by atoms with E-state index in [9.17, 15) is 0 Å². The van der Waals surface area contributed by atoms with Crippen LogP contribution in [0.25, 0.3) is 0 Å². The van der Waals surface area contributed by atoms with Crippen LogP contribution < -0.4 is 0 Å². The van der Waals surface area contributed by atoms with Crippen LogP contribution in [0.15, 0.2) is 11.8 Å². The van der Waals surface area contributed by atoms with Crippen LogP contribution in [0.2, 0.25) is 0 Å². The van der Waals surface area contributed by atoms with Crippen molar-refractivity contribution in [2.75, 3.05) is 7.11 Å². The molecule has 0 aromatic carbocycles. The molecule has 1 aliphatic rings. The Bertz CT molecular complexity index is 116. The molecule has 0 heterocycles. The molecule has 1 heteroatoms. The standard InChI is InChI=1S/C9H16O/c1-10-9-7-5-3-2-4-6-8-9/h7H,2-6,8H2,1H3/b9-7+. The zero-order valence-electron chi connectivity index (χ0n) is 6.73. The molecule has 58 valence electrons. The third kappa shape index (κ3) is 2.42. The first-order valence-electron chi connectivity index (χ1n) is 4.16. The summed E-state index contributed by atoms with van der Waals surface area (Å²) < 4.78 is 5.19. The first-order chi connectivity index (χ1) is 4.93. The fourth-order valence-corrected chi connectivity index (χ4v) is 1.35. The van der Waals surface area contributed by atoms with E-state index in [1.807, 2.05) is 0 Å². The lowest BCUT2D eigenvalue weighted by atomic mass is 10.1. The van der Waals surface area contributed by atoms with Gasteiger partial charge in [-0.15, -0.1) is 0 Å². The summed E-state index contributed by atoms with van der Waals surface area (Å²) in [6.07, 6.45) is 10.0. The Balaban J connectivity index is 2.35. The minimum atomic E-state index is 1.15. The minimum absolute atomic E-state index is 1.15. The summed E-state index contributed by atoms with van der Waals surface area (Å²) in [6, 6.07) is 0. The molecule has 0 radical (unpaired) electrons. The summed E-state index contributed by atoms with van der Waals surface area (Å²) in [5.74, 6) is 1.19. The highest BCUT2D eigenvalue weighted by molar-refractivity contribution is 4.93. The molecule has 0 bridgehead atoms. The van der Waals surface area contributed by atoms with E-state index >= 15 is 0 Å². The van der Waals surface area contributed by atoms with E-state index in [1.54, 1.807) is 7.11 Å². The molecule has 0 amide bonds. The maximum atomic E-state index is 5.19. The molecule has 0 saturated carbocycles. The van der Waals surface area contributed by atoms with E-state index in [1.165, 1.54) is 37.9 Å². The van der Waals surface area contributed by atoms with Gasteiger partial charge in [0.25, 0.3) is 0 Å². The topological polar surface area (TPSA) is 9.23 Å². The second-order valence-electron chi connectivity index (χ2n) is 2.83. The largest absolute Gasteiger partial charge is 0.501 e. The van der Waals surface area contributed by atoms with Crippen LogP contribution in [-0.2, 0) is 4.74 Å². The summed E-state index contributed by atoms with van der Waals surface area (Å²) in [5, 5.41) is 0. The van der Waals surface area contributed by atoms with Crippen LogP contribution in [0, 0.1) is 0 Å². The van der Waals surface area contributed by atoms with Crippen LogP contribution >= 0.6 is 0 Å². The molecular weight excluding hydrogens is 124 g/mol. The maximum absolute atomic E-state index is 5.19. The van der Waals surface area contributed by atoms with Crippen molar-refractivity contribution in [1.82, 2.24) is 0 Å². The summed E-state index contributed by atoms with van der Waals surface area (Å²) in [4.78, 5) is 0. The molecule has 0 spiro atoms. The number of rotatable bonds is 1. The molecule has 0 aliphatic heterocycles. The Morgan fingerprint density at radius 1 is 1.20 bits per heavy atom. The van der Waals surface area contributed by atoms with Crippen LogP contribution in [0.5, 0.6) is 0 Å². The van der Waals surface area contributed by atoms with Crippen LogP contribution in [0.3, 0.4) is 0 Å². The first kappa shape index (κ1) is 7.64. The third-order valence-electron chi connectivity index (χ3n) is 2.01. The van der Waals surface area contributed by atoms with Gasteiger partial charge >= 0.3 is 0 Å². The lowest BCUT2D eigenvalue weighted by molar-refractivity contribution is 0.269. The van der Waals surface area contributed by atoms with Gasteiger partial charge in [-0.05, 0) is 25.3 Å². The van der Waals surface area contributed by atoms with Gasteiger partial charge in [0.05, 0.1) is 12.9 Å². The van der Waals surface area contributed by atoms with Crippen molar-refractivity contribution < 1.29 is 4.74 Å². The average Bonchev–Trinajstić information content (AvgIpc) is 1.87. The molecule has 0 fully saturated rings. The lowest BCUT2D eigenvalue weighted by Gasteiger charge is -2.09. The summed E-state index contributed by atoms with van der Waals surface area (Å²) in [7, 11) is 1.77. The molecule has 0 unspecified atom stereocenters. The quantitative estimate of drug-likeness (QED) is 0.544. The predicted molar refractivity (Wildman–Crippen MR) is 42.8 cm³/mol. The predicted octanol–water partition coefficient (Wildman–Crippen LogP) is 2.87. The molecular formula is C9H16O. The van der Waals surface area contributed by atoms with Crippen molar-refractivity contribution in [2.24, 2.45) is 0 Å². The highest BCUT2D eigenvalue weighted by atomic mass is 16.5. The number of hydrogen-bond donors (Lipinski definition) is 0. The smallest absolute Gasteiger partial charge is 0.0915 e. The number of allylic oxidation sites excluding steroid dienone is 2. The van der Waals surface area contributed by atoms with Gasteiger partial charge in [-0.3, -0.25) is 0 Å². The molecule has 0 aromatic heterocycles.